The molecule has 174 valence electrons. The van der Waals surface area contributed by atoms with E-state index in [0.29, 0.717) is 0 Å². The summed E-state index contributed by atoms with van der Waals surface area (Å²) < 4.78 is 29.3. The molecule has 0 aliphatic carbocycles. The fourth-order valence-corrected chi connectivity index (χ4v) is 4.90. The average Bonchev–Trinajstić information content (AvgIpc) is 3.33. The Bertz CT molecular complexity index is 1060. The minimum atomic E-state index is -1.04. The van der Waals surface area contributed by atoms with Gasteiger partial charge in [-0.1, -0.05) is 54.6 Å². The lowest BCUT2D eigenvalue weighted by molar-refractivity contribution is -0.164. The van der Waals surface area contributed by atoms with E-state index in [-0.39, 0.29) is 13.2 Å². The fourth-order valence-electron chi connectivity index (χ4n) is 4.90. The van der Waals surface area contributed by atoms with Crippen LogP contribution in [0.1, 0.15) is 16.7 Å². The minimum absolute atomic E-state index is 0.0747. The highest BCUT2D eigenvalue weighted by atomic mass is 16.7. The van der Waals surface area contributed by atoms with Crippen LogP contribution in [0, 0.1) is 0 Å². The molecule has 1 N–H and O–H groups in total. The summed E-state index contributed by atoms with van der Waals surface area (Å²) in [4.78, 5) is 0. The first-order chi connectivity index (χ1) is 16.5. The van der Waals surface area contributed by atoms with E-state index in [2.05, 4.69) is 0 Å². The minimum Gasteiger partial charge on any atom is -0.497 e. The second kappa shape index (κ2) is 9.08. The number of ether oxygens (including phenoxy) is 5. The first-order valence-electron chi connectivity index (χ1n) is 11.2. The predicted octanol–water partition coefficient (Wildman–Crippen LogP) is 3.04. The molecule has 3 aromatic rings. The third-order valence-corrected chi connectivity index (χ3v) is 6.77. The van der Waals surface area contributed by atoms with Crippen molar-refractivity contribution in [3.8, 4) is 11.5 Å². The maximum absolute atomic E-state index is 10.9. The van der Waals surface area contributed by atoms with E-state index >= 15 is 0 Å². The summed E-state index contributed by atoms with van der Waals surface area (Å²) in [5.74, 6) is 1.48. The van der Waals surface area contributed by atoms with E-state index in [4.69, 9.17) is 31.5 Å². The summed E-state index contributed by atoms with van der Waals surface area (Å²) in [7, 11) is 9.31. The molecule has 6 nitrogen and oxygen atoms in total. The number of benzene rings is 3. The van der Waals surface area contributed by atoms with Crippen LogP contribution in [0.4, 0.5) is 0 Å². The molecule has 0 spiro atoms. The SMILES string of the molecule is [B][C@@H]1O[C@@]2(COC(c3ccccc3)(c3ccc(OC)cc3)c3ccc(OC)cc3)COC1[C@H]2O. The van der Waals surface area contributed by atoms with Gasteiger partial charge in [-0.05, 0) is 41.0 Å². The number of hydrogen-bond acceptors (Lipinski definition) is 6. The number of hydrogen-bond donors (Lipinski definition) is 1. The summed E-state index contributed by atoms with van der Waals surface area (Å²) >= 11 is 0. The van der Waals surface area contributed by atoms with Gasteiger partial charge in [0.1, 0.15) is 42.8 Å². The first-order valence-corrected chi connectivity index (χ1v) is 11.2. The van der Waals surface area contributed by atoms with Crippen molar-refractivity contribution in [3.63, 3.8) is 0 Å². The molecule has 2 aliphatic rings. The Labute approximate surface area is 200 Å². The second-order valence-corrected chi connectivity index (χ2v) is 8.66. The van der Waals surface area contributed by atoms with E-state index in [1.165, 1.54) is 0 Å². The van der Waals surface area contributed by atoms with Gasteiger partial charge in [0.05, 0.1) is 27.4 Å². The standard InChI is InChI=1S/C27H27BO6/c1-30-21-12-8-19(9-13-21)27(18-6-4-3-5-7-18,20-10-14-22(31-2)15-11-20)33-17-26-16-32-23(24(26)29)25(28)34-26/h3-15,23-25,29H,16-17H2,1-2H3/t23?,24-,25-,26-/m1/s1. The van der Waals surface area contributed by atoms with E-state index < -0.39 is 29.4 Å². The van der Waals surface area contributed by atoms with Crippen molar-refractivity contribution in [3.05, 3.63) is 95.6 Å². The molecule has 34 heavy (non-hydrogen) atoms. The zero-order chi connectivity index (χ0) is 23.8. The Morgan fingerprint density at radius 3 is 1.85 bits per heavy atom. The molecule has 3 aromatic carbocycles. The lowest BCUT2D eigenvalue weighted by Crippen LogP contribution is -2.48. The maximum atomic E-state index is 10.9. The maximum Gasteiger partial charge on any atom is 0.143 e. The molecule has 2 saturated heterocycles. The Hall–Kier alpha value is -2.84. The number of fused-ring (bicyclic) bond motifs is 2. The van der Waals surface area contributed by atoms with Crippen molar-refractivity contribution in [2.75, 3.05) is 27.4 Å². The van der Waals surface area contributed by atoms with Crippen LogP contribution in [-0.2, 0) is 19.8 Å². The monoisotopic (exact) mass is 458 g/mol. The van der Waals surface area contributed by atoms with Crippen LogP contribution in [-0.4, -0.2) is 64.2 Å². The van der Waals surface area contributed by atoms with Gasteiger partial charge in [0, 0.05) is 6.00 Å². The summed E-state index contributed by atoms with van der Waals surface area (Å²) in [6, 6.07) is 24.8. The van der Waals surface area contributed by atoms with Crippen LogP contribution < -0.4 is 9.47 Å². The van der Waals surface area contributed by atoms with Gasteiger partial charge in [0.15, 0.2) is 0 Å². The smallest absolute Gasteiger partial charge is 0.143 e. The van der Waals surface area contributed by atoms with E-state index in [1.807, 2.05) is 78.9 Å². The van der Waals surface area contributed by atoms with Gasteiger partial charge in [-0.3, -0.25) is 0 Å². The normalized spacial score (nSPS) is 25.9. The first kappa shape index (κ1) is 22.9. The van der Waals surface area contributed by atoms with E-state index in [0.717, 1.165) is 28.2 Å². The van der Waals surface area contributed by atoms with Crippen LogP contribution in [0.3, 0.4) is 0 Å². The molecular weight excluding hydrogens is 431 g/mol. The van der Waals surface area contributed by atoms with E-state index in [1.54, 1.807) is 14.2 Å². The topological polar surface area (TPSA) is 66.4 Å². The van der Waals surface area contributed by atoms with Crippen molar-refractivity contribution in [2.45, 2.75) is 29.4 Å². The molecular formula is C27H27BO6. The van der Waals surface area contributed by atoms with Gasteiger partial charge < -0.3 is 28.8 Å². The van der Waals surface area contributed by atoms with Crippen molar-refractivity contribution >= 4 is 7.85 Å². The average molecular weight is 458 g/mol. The third kappa shape index (κ3) is 3.69. The zero-order valence-electron chi connectivity index (χ0n) is 19.2. The van der Waals surface area contributed by atoms with Crippen LogP contribution in [0.5, 0.6) is 11.5 Å². The van der Waals surface area contributed by atoms with Crippen LogP contribution in [0.15, 0.2) is 78.9 Å². The highest BCUT2D eigenvalue weighted by Gasteiger charge is 2.60. The highest BCUT2D eigenvalue weighted by molar-refractivity contribution is 6.11. The predicted molar refractivity (Wildman–Crippen MR) is 127 cm³/mol. The number of aliphatic hydroxyl groups is 1. The molecule has 2 radical (unpaired) electrons. The zero-order valence-corrected chi connectivity index (χ0v) is 19.2. The molecule has 2 aliphatic heterocycles. The van der Waals surface area contributed by atoms with Crippen molar-refractivity contribution in [1.29, 1.82) is 0 Å². The molecule has 0 aromatic heterocycles. The van der Waals surface area contributed by atoms with Gasteiger partial charge >= 0.3 is 0 Å². The molecule has 2 fully saturated rings. The number of rotatable bonds is 8. The molecule has 0 saturated carbocycles. The second-order valence-electron chi connectivity index (χ2n) is 8.66. The molecule has 2 bridgehead atoms. The van der Waals surface area contributed by atoms with Gasteiger partial charge in [0.25, 0.3) is 0 Å². The number of aliphatic hydroxyl groups excluding tert-OH is 1. The van der Waals surface area contributed by atoms with Crippen LogP contribution in [0.25, 0.3) is 0 Å². The van der Waals surface area contributed by atoms with Crippen molar-refractivity contribution in [2.24, 2.45) is 0 Å². The molecule has 2 heterocycles. The Morgan fingerprint density at radius 1 is 0.882 bits per heavy atom. The highest BCUT2D eigenvalue weighted by Crippen LogP contribution is 2.45. The fraction of sp³-hybridized carbons (Fsp3) is 0.333. The largest absolute Gasteiger partial charge is 0.497 e. The Balaban J connectivity index is 1.64. The van der Waals surface area contributed by atoms with Crippen LogP contribution in [0.2, 0.25) is 0 Å². The van der Waals surface area contributed by atoms with Crippen molar-refractivity contribution in [1.82, 2.24) is 0 Å². The number of methoxy groups -OCH3 is 2. The van der Waals surface area contributed by atoms with Gasteiger partial charge in [-0.2, -0.15) is 0 Å². The lowest BCUT2D eigenvalue weighted by Gasteiger charge is -2.39. The Morgan fingerprint density at radius 2 is 1.41 bits per heavy atom. The molecule has 7 heteroatoms. The quantitative estimate of drug-likeness (QED) is 0.414. The summed E-state index contributed by atoms with van der Waals surface area (Å²) in [6.45, 7) is 0.286. The van der Waals surface area contributed by atoms with Crippen molar-refractivity contribution < 1.29 is 28.8 Å². The lowest BCUT2D eigenvalue weighted by atomic mass is 9.79. The summed E-state index contributed by atoms with van der Waals surface area (Å²) in [5.41, 5.74) is 0.668. The summed E-state index contributed by atoms with van der Waals surface area (Å²) in [5, 5.41) is 10.9. The van der Waals surface area contributed by atoms with E-state index in [9.17, 15) is 5.11 Å². The van der Waals surface area contributed by atoms with Gasteiger partial charge in [0.2, 0.25) is 0 Å². The molecule has 5 rings (SSSR count). The molecule has 4 atom stereocenters. The molecule has 1 unspecified atom stereocenters. The molecule has 0 amide bonds. The third-order valence-electron chi connectivity index (χ3n) is 6.77. The van der Waals surface area contributed by atoms with Gasteiger partial charge in [-0.15, -0.1) is 0 Å². The Kier molecular flexibility index (Phi) is 6.12. The van der Waals surface area contributed by atoms with Crippen LogP contribution >= 0.6 is 0 Å². The van der Waals surface area contributed by atoms with Gasteiger partial charge in [-0.25, -0.2) is 0 Å². The summed E-state index contributed by atoms with van der Waals surface area (Å²) in [6.07, 6.45) is -1.43.